The van der Waals surface area contributed by atoms with Crippen LogP contribution < -0.4 is 4.74 Å². The third-order valence-electron chi connectivity index (χ3n) is 4.48. The minimum absolute atomic E-state index is 0.0393. The van der Waals surface area contributed by atoms with Crippen LogP contribution in [0.4, 0.5) is 17.6 Å². The summed E-state index contributed by atoms with van der Waals surface area (Å²) in [5.41, 5.74) is 1.61. The van der Waals surface area contributed by atoms with Gasteiger partial charge in [0.1, 0.15) is 18.2 Å². The van der Waals surface area contributed by atoms with Crippen molar-refractivity contribution in [1.29, 1.82) is 0 Å². The maximum absolute atomic E-state index is 12.9. The van der Waals surface area contributed by atoms with Gasteiger partial charge in [0, 0.05) is 5.57 Å². The first-order valence-electron chi connectivity index (χ1n) is 10.2. The predicted octanol–water partition coefficient (Wildman–Crippen LogP) is 6.56. The van der Waals surface area contributed by atoms with E-state index in [4.69, 9.17) is 9.47 Å². The molecular formula is C24H26F4O3. The van der Waals surface area contributed by atoms with Gasteiger partial charge in [0.25, 0.3) is 0 Å². The highest BCUT2D eigenvalue weighted by molar-refractivity contribution is 5.88. The maximum Gasteiger partial charge on any atom is 0.393 e. The number of carbonyl (C=O) groups excluding carboxylic acids is 1. The Hall–Kier alpha value is -2.83. The van der Waals surface area contributed by atoms with Crippen LogP contribution in [0.5, 0.6) is 5.75 Å². The van der Waals surface area contributed by atoms with Crippen LogP contribution in [0.25, 0.3) is 0 Å². The number of hydrogen-bond acceptors (Lipinski definition) is 3. The molecule has 0 aliphatic carbocycles. The molecule has 2 rings (SSSR count). The average Bonchev–Trinajstić information content (AvgIpc) is 2.72. The molecule has 0 N–H and O–H groups in total. The molecule has 31 heavy (non-hydrogen) atoms. The topological polar surface area (TPSA) is 35.5 Å². The van der Waals surface area contributed by atoms with E-state index < -0.39 is 18.6 Å². The first-order chi connectivity index (χ1) is 14.8. The number of rotatable bonds is 11. The third-order valence-corrected chi connectivity index (χ3v) is 4.48. The van der Waals surface area contributed by atoms with E-state index >= 15 is 0 Å². The van der Waals surface area contributed by atoms with Crippen molar-refractivity contribution in [3.63, 3.8) is 0 Å². The first-order valence-corrected chi connectivity index (χ1v) is 10.2. The highest BCUT2D eigenvalue weighted by atomic mass is 19.4. The fraction of sp³-hybridized carbons (Fsp3) is 0.375. The van der Waals surface area contributed by atoms with E-state index in [9.17, 15) is 22.4 Å². The lowest BCUT2D eigenvalue weighted by molar-refractivity contribution is -0.147. The zero-order valence-corrected chi connectivity index (χ0v) is 17.4. The van der Waals surface area contributed by atoms with E-state index in [1.807, 2.05) is 24.3 Å². The molecule has 0 fully saturated rings. The quantitative estimate of drug-likeness (QED) is 0.173. The lowest BCUT2D eigenvalue weighted by Crippen LogP contribution is -2.16. The van der Waals surface area contributed by atoms with E-state index in [1.54, 1.807) is 19.1 Å². The van der Waals surface area contributed by atoms with Gasteiger partial charge in [0.15, 0.2) is 0 Å². The standard InChI is InChI=1S/C24H26F4O3/c1-2-30-23(29)20(16-24(26,27)28)7-5-3-4-6-18-10-14-22(15-11-18)31-17-19-8-12-21(25)13-9-19/h7-15H,2-6,16-17H2,1H3. The van der Waals surface area contributed by atoms with E-state index in [0.29, 0.717) is 25.2 Å². The maximum atomic E-state index is 12.9. The van der Waals surface area contributed by atoms with Crippen molar-refractivity contribution in [3.05, 3.63) is 77.1 Å². The van der Waals surface area contributed by atoms with Crippen molar-refractivity contribution < 1.29 is 31.8 Å². The lowest BCUT2D eigenvalue weighted by atomic mass is 10.0. The van der Waals surface area contributed by atoms with Crippen molar-refractivity contribution in [2.75, 3.05) is 6.61 Å². The number of alkyl halides is 3. The Morgan fingerprint density at radius 2 is 1.61 bits per heavy atom. The Morgan fingerprint density at radius 3 is 2.23 bits per heavy atom. The van der Waals surface area contributed by atoms with Crippen LogP contribution in [-0.4, -0.2) is 18.8 Å². The van der Waals surface area contributed by atoms with E-state index in [1.165, 1.54) is 18.2 Å². The number of benzene rings is 2. The molecule has 0 aliphatic heterocycles. The molecule has 7 heteroatoms. The summed E-state index contributed by atoms with van der Waals surface area (Å²) in [6.45, 7) is 1.94. The zero-order chi connectivity index (χ0) is 22.7. The molecule has 0 radical (unpaired) electrons. The van der Waals surface area contributed by atoms with E-state index in [0.717, 1.165) is 24.0 Å². The summed E-state index contributed by atoms with van der Waals surface area (Å²) in [5, 5.41) is 0. The molecule has 2 aromatic carbocycles. The Kier molecular flexibility index (Phi) is 9.56. The Bertz CT molecular complexity index is 841. The minimum Gasteiger partial charge on any atom is -0.489 e. The van der Waals surface area contributed by atoms with Crippen LogP contribution in [0.15, 0.2) is 60.2 Å². The van der Waals surface area contributed by atoms with Crippen molar-refractivity contribution in [2.24, 2.45) is 0 Å². The van der Waals surface area contributed by atoms with Crippen LogP contribution in [-0.2, 0) is 22.6 Å². The molecule has 0 saturated heterocycles. The lowest BCUT2D eigenvalue weighted by Gasteiger charge is -2.10. The van der Waals surface area contributed by atoms with Gasteiger partial charge >= 0.3 is 12.1 Å². The van der Waals surface area contributed by atoms with Crippen LogP contribution in [0.2, 0.25) is 0 Å². The van der Waals surface area contributed by atoms with Gasteiger partial charge in [-0.05, 0) is 68.0 Å². The van der Waals surface area contributed by atoms with Gasteiger partial charge in [-0.2, -0.15) is 13.2 Å². The summed E-state index contributed by atoms with van der Waals surface area (Å²) in [6, 6.07) is 13.7. The molecule has 0 heterocycles. The minimum atomic E-state index is -4.45. The fourth-order valence-corrected chi connectivity index (χ4v) is 2.92. The van der Waals surface area contributed by atoms with Gasteiger partial charge in [-0.1, -0.05) is 30.3 Å². The normalized spacial score (nSPS) is 12.0. The summed E-state index contributed by atoms with van der Waals surface area (Å²) < 4.78 is 61.2. The third kappa shape index (κ3) is 9.68. The molecule has 0 aromatic heterocycles. The number of aryl methyl sites for hydroxylation is 1. The number of esters is 1. The van der Waals surface area contributed by atoms with E-state index in [2.05, 4.69) is 0 Å². The largest absolute Gasteiger partial charge is 0.489 e. The summed E-state index contributed by atoms with van der Waals surface area (Å²) >= 11 is 0. The van der Waals surface area contributed by atoms with Crippen molar-refractivity contribution in [1.82, 2.24) is 0 Å². The number of halogens is 4. The fourth-order valence-electron chi connectivity index (χ4n) is 2.92. The molecule has 2 aromatic rings. The molecule has 0 spiro atoms. The second-order valence-corrected chi connectivity index (χ2v) is 7.05. The van der Waals surface area contributed by atoms with Crippen molar-refractivity contribution in [2.45, 2.75) is 51.8 Å². The molecule has 0 bridgehead atoms. The van der Waals surface area contributed by atoms with Gasteiger partial charge in [-0.15, -0.1) is 0 Å². The molecule has 0 aliphatic rings. The van der Waals surface area contributed by atoms with E-state index in [-0.39, 0.29) is 18.0 Å². The summed E-state index contributed by atoms with van der Waals surface area (Å²) in [4.78, 5) is 11.7. The predicted molar refractivity (Wildman–Crippen MR) is 110 cm³/mol. The molecule has 0 atom stereocenters. The SMILES string of the molecule is CCOC(=O)C(=CCCCCc1ccc(OCc2ccc(F)cc2)cc1)CC(F)(F)F. The zero-order valence-electron chi connectivity index (χ0n) is 17.4. The molecule has 168 valence electrons. The number of unbranched alkanes of at least 4 members (excludes halogenated alkanes) is 2. The molecular weight excluding hydrogens is 412 g/mol. The van der Waals surface area contributed by atoms with Crippen molar-refractivity contribution >= 4 is 5.97 Å². The number of ether oxygens (including phenoxy) is 2. The van der Waals surface area contributed by atoms with Crippen LogP contribution in [0, 0.1) is 5.82 Å². The summed E-state index contributed by atoms with van der Waals surface area (Å²) in [6.07, 6.45) is -1.82. The Balaban J connectivity index is 1.76. The number of allylic oxidation sites excluding steroid dienone is 1. The Morgan fingerprint density at radius 1 is 0.968 bits per heavy atom. The second-order valence-electron chi connectivity index (χ2n) is 7.05. The summed E-state index contributed by atoms with van der Waals surface area (Å²) in [7, 11) is 0. The second kappa shape index (κ2) is 12.1. The molecule has 0 unspecified atom stereocenters. The van der Waals surface area contributed by atoms with Gasteiger partial charge < -0.3 is 9.47 Å². The molecule has 0 amide bonds. The summed E-state index contributed by atoms with van der Waals surface area (Å²) in [5.74, 6) is -0.501. The van der Waals surface area contributed by atoms with Crippen LogP contribution >= 0.6 is 0 Å². The molecule has 3 nitrogen and oxygen atoms in total. The van der Waals surface area contributed by atoms with Crippen LogP contribution in [0.1, 0.15) is 43.7 Å². The highest BCUT2D eigenvalue weighted by Gasteiger charge is 2.31. The highest BCUT2D eigenvalue weighted by Crippen LogP contribution is 2.26. The average molecular weight is 438 g/mol. The monoisotopic (exact) mass is 438 g/mol. The van der Waals surface area contributed by atoms with Gasteiger partial charge in [-0.25, -0.2) is 9.18 Å². The smallest absolute Gasteiger partial charge is 0.393 e. The van der Waals surface area contributed by atoms with Gasteiger partial charge in [0.2, 0.25) is 0 Å². The number of carbonyl (C=O) groups is 1. The first kappa shape index (κ1) is 24.4. The van der Waals surface area contributed by atoms with Gasteiger partial charge in [-0.3, -0.25) is 0 Å². The molecule has 0 saturated carbocycles. The van der Waals surface area contributed by atoms with Crippen LogP contribution in [0.3, 0.4) is 0 Å². The van der Waals surface area contributed by atoms with Crippen molar-refractivity contribution in [3.8, 4) is 5.75 Å². The number of hydrogen-bond donors (Lipinski definition) is 0. The Labute approximate surface area is 179 Å². The van der Waals surface area contributed by atoms with Gasteiger partial charge in [0.05, 0.1) is 13.0 Å².